The standard InChI is InChI=1S/C30H23F2N9O3/c31-20-3-1-18(2-4-20)27-28(40(17-34-27)21-9-13-39(14-10-21)30(43)23-8-12-35-44-23)22-5-6-26-36-25(16-41(26)38-22)37-29(42)19-7-11-33-24(32)15-19/h1-8,11-12,15-17,21H,9-10,13-14H2,(H,37,42). The summed E-state index contributed by atoms with van der Waals surface area (Å²) in [6.07, 6.45) is 7.27. The minimum absolute atomic E-state index is 0.00126. The van der Waals surface area contributed by atoms with Crippen LogP contribution in [0.3, 0.4) is 0 Å². The van der Waals surface area contributed by atoms with Gasteiger partial charge >= 0.3 is 0 Å². The molecule has 0 spiro atoms. The number of likely N-dealkylation sites (tertiary alicyclic amines) is 1. The van der Waals surface area contributed by atoms with E-state index in [1.165, 1.54) is 35.1 Å². The normalized spacial score (nSPS) is 13.8. The summed E-state index contributed by atoms with van der Waals surface area (Å²) >= 11 is 0. The van der Waals surface area contributed by atoms with Gasteiger partial charge in [-0.2, -0.15) is 9.49 Å². The summed E-state index contributed by atoms with van der Waals surface area (Å²) in [4.78, 5) is 39.7. The summed E-state index contributed by atoms with van der Waals surface area (Å²) in [5.41, 5.74) is 3.18. The van der Waals surface area contributed by atoms with Gasteiger partial charge in [-0.25, -0.2) is 23.9 Å². The van der Waals surface area contributed by atoms with E-state index in [4.69, 9.17) is 14.6 Å². The molecule has 1 aromatic carbocycles. The Balaban J connectivity index is 1.20. The summed E-state index contributed by atoms with van der Waals surface area (Å²) in [6, 6.07) is 13.6. The molecule has 1 aliphatic heterocycles. The quantitative estimate of drug-likeness (QED) is 0.275. The molecule has 1 fully saturated rings. The third-order valence-electron chi connectivity index (χ3n) is 7.50. The van der Waals surface area contributed by atoms with Crippen LogP contribution in [0.1, 0.15) is 39.8 Å². The molecule has 6 heterocycles. The number of carbonyl (C=O) groups excluding carboxylic acids is 2. The number of benzene rings is 1. The first-order valence-corrected chi connectivity index (χ1v) is 13.8. The van der Waals surface area contributed by atoms with Crippen molar-refractivity contribution in [2.24, 2.45) is 0 Å². The summed E-state index contributed by atoms with van der Waals surface area (Å²) in [5, 5.41) is 11.1. The first-order valence-electron chi connectivity index (χ1n) is 13.8. The van der Waals surface area contributed by atoms with Gasteiger partial charge in [0.25, 0.3) is 11.8 Å². The summed E-state index contributed by atoms with van der Waals surface area (Å²) in [6.45, 7) is 1.01. The molecule has 2 amide bonds. The predicted octanol–water partition coefficient (Wildman–Crippen LogP) is 4.65. The monoisotopic (exact) mass is 595 g/mol. The van der Waals surface area contributed by atoms with Gasteiger partial charge in [0.15, 0.2) is 11.5 Å². The lowest BCUT2D eigenvalue weighted by atomic mass is 10.0. The molecule has 44 heavy (non-hydrogen) atoms. The van der Waals surface area contributed by atoms with Crippen molar-refractivity contribution >= 4 is 23.3 Å². The number of halogens is 2. The zero-order chi connectivity index (χ0) is 30.2. The highest BCUT2D eigenvalue weighted by Crippen LogP contribution is 2.35. The zero-order valence-corrected chi connectivity index (χ0v) is 23.0. The number of imidazole rings is 2. The number of amides is 2. The van der Waals surface area contributed by atoms with Gasteiger partial charge in [-0.1, -0.05) is 5.16 Å². The Morgan fingerprint density at radius 1 is 0.955 bits per heavy atom. The highest BCUT2D eigenvalue weighted by molar-refractivity contribution is 6.03. The van der Waals surface area contributed by atoms with Crippen LogP contribution in [0.25, 0.3) is 28.3 Å². The molecule has 7 rings (SSSR count). The second-order valence-corrected chi connectivity index (χ2v) is 10.2. The van der Waals surface area contributed by atoms with Gasteiger partial charge in [0.05, 0.1) is 30.1 Å². The molecule has 1 saturated heterocycles. The van der Waals surface area contributed by atoms with E-state index < -0.39 is 11.9 Å². The van der Waals surface area contributed by atoms with E-state index in [1.807, 2.05) is 4.57 Å². The number of piperidine rings is 1. The third-order valence-corrected chi connectivity index (χ3v) is 7.50. The van der Waals surface area contributed by atoms with Crippen LogP contribution in [0.5, 0.6) is 0 Å². The smallest absolute Gasteiger partial charge is 0.292 e. The molecule has 1 N–H and O–H groups in total. The van der Waals surface area contributed by atoms with Crippen molar-refractivity contribution in [2.75, 3.05) is 18.4 Å². The Morgan fingerprint density at radius 2 is 1.77 bits per heavy atom. The minimum Gasteiger partial charge on any atom is -0.351 e. The Morgan fingerprint density at radius 3 is 2.52 bits per heavy atom. The van der Waals surface area contributed by atoms with E-state index in [0.29, 0.717) is 54.2 Å². The molecule has 0 radical (unpaired) electrons. The molecule has 0 atom stereocenters. The van der Waals surface area contributed by atoms with E-state index in [0.717, 1.165) is 6.07 Å². The highest BCUT2D eigenvalue weighted by atomic mass is 19.1. The number of fused-ring (bicyclic) bond motifs is 1. The van der Waals surface area contributed by atoms with Crippen LogP contribution in [-0.2, 0) is 0 Å². The van der Waals surface area contributed by atoms with Crippen molar-refractivity contribution in [3.63, 3.8) is 0 Å². The van der Waals surface area contributed by atoms with Gasteiger partial charge in [-0.3, -0.25) is 9.59 Å². The number of carbonyl (C=O) groups is 2. The van der Waals surface area contributed by atoms with Crippen LogP contribution in [0.4, 0.5) is 14.6 Å². The predicted molar refractivity (Wildman–Crippen MR) is 152 cm³/mol. The number of anilines is 1. The first kappa shape index (κ1) is 27.1. The van der Waals surface area contributed by atoms with Crippen molar-refractivity contribution in [1.82, 2.24) is 39.2 Å². The van der Waals surface area contributed by atoms with Crippen molar-refractivity contribution in [3.05, 3.63) is 103 Å². The van der Waals surface area contributed by atoms with Gasteiger partial charge < -0.3 is 19.3 Å². The molecule has 6 aromatic rings. The van der Waals surface area contributed by atoms with Crippen molar-refractivity contribution in [1.29, 1.82) is 0 Å². The Bertz CT molecular complexity index is 1980. The van der Waals surface area contributed by atoms with Gasteiger partial charge in [-0.15, -0.1) is 0 Å². The Hall–Kier alpha value is -5.79. The average Bonchev–Trinajstić information content (AvgIpc) is 3.81. The topological polar surface area (TPSA) is 136 Å². The molecular formula is C30H23F2N9O3. The van der Waals surface area contributed by atoms with E-state index in [1.54, 1.807) is 47.8 Å². The Labute approximate surface area is 248 Å². The van der Waals surface area contributed by atoms with Crippen molar-refractivity contribution < 1.29 is 22.9 Å². The maximum Gasteiger partial charge on any atom is 0.292 e. The molecule has 220 valence electrons. The number of nitrogens with one attached hydrogen (secondary N) is 1. The van der Waals surface area contributed by atoms with Crippen LogP contribution in [0.15, 0.2) is 84.0 Å². The average molecular weight is 596 g/mol. The second-order valence-electron chi connectivity index (χ2n) is 10.2. The van der Waals surface area contributed by atoms with Crippen LogP contribution in [-0.4, -0.2) is 64.1 Å². The molecule has 0 saturated carbocycles. The third kappa shape index (κ3) is 5.17. The first-order chi connectivity index (χ1) is 21.4. The number of nitrogens with zero attached hydrogens (tertiary/aromatic N) is 8. The van der Waals surface area contributed by atoms with Crippen molar-refractivity contribution in [2.45, 2.75) is 18.9 Å². The van der Waals surface area contributed by atoms with Gasteiger partial charge in [0, 0.05) is 48.6 Å². The Kier molecular flexibility index (Phi) is 6.85. The molecule has 5 aromatic heterocycles. The number of hydrogen-bond donors (Lipinski definition) is 1. The number of rotatable bonds is 6. The molecule has 0 bridgehead atoms. The van der Waals surface area contributed by atoms with E-state index in [-0.39, 0.29) is 34.9 Å². The highest BCUT2D eigenvalue weighted by Gasteiger charge is 2.29. The van der Waals surface area contributed by atoms with Gasteiger partial charge in [0.2, 0.25) is 11.7 Å². The van der Waals surface area contributed by atoms with E-state index >= 15 is 0 Å². The van der Waals surface area contributed by atoms with Gasteiger partial charge in [-0.05, 0) is 55.3 Å². The van der Waals surface area contributed by atoms with Crippen molar-refractivity contribution in [3.8, 4) is 22.6 Å². The minimum atomic E-state index is -0.764. The maximum atomic E-state index is 13.8. The summed E-state index contributed by atoms with van der Waals surface area (Å²) < 4.78 is 35.9. The fourth-order valence-electron chi connectivity index (χ4n) is 5.34. The van der Waals surface area contributed by atoms with Gasteiger partial charge in [0.1, 0.15) is 11.5 Å². The second kappa shape index (κ2) is 11.1. The fourth-order valence-corrected chi connectivity index (χ4v) is 5.34. The van der Waals surface area contributed by atoms with Crippen LogP contribution < -0.4 is 5.32 Å². The lowest BCUT2D eigenvalue weighted by Crippen LogP contribution is -2.39. The van der Waals surface area contributed by atoms with Crippen LogP contribution >= 0.6 is 0 Å². The SMILES string of the molecule is O=C(Nc1cn2nc(-c3c(-c4ccc(F)cc4)ncn3C3CCN(C(=O)c4ccno4)CC3)ccc2n1)c1ccnc(F)c1. The lowest BCUT2D eigenvalue weighted by Gasteiger charge is -2.32. The largest absolute Gasteiger partial charge is 0.351 e. The van der Waals surface area contributed by atoms with E-state index in [2.05, 4.69) is 20.4 Å². The fraction of sp³-hybridized carbons (Fsp3) is 0.167. The number of hydrogen-bond acceptors (Lipinski definition) is 8. The molecule has 12 nitrogen and oxygen atoms in total. The lowest BCUT2D eigenvalue weighted by molar-refractivity contribution is 0.0653. The zero-order valence-electron chi connectivity index (χ0n) is 23.0. The maximum absolute atomic E-state index is 13.8. The molecule has 0 unspecified atom stereocenters. The number of aromatic nitrogens is 7. The number of pyridine rings is 1. The van der Waals surface area contributed by atoms with E-state index in [9.17, 15) is 18.4 Å². The van der Waals surface area contributed by atoms with Crippen LogP contribution in [0.2, 0.25) is 0 Å². The molecule has 1 aliphatic rings. The molecule has 14 heteroatoms. The molecule has 0 aliphatic carbocycles. The summed E-state index contributed by atoms with van der Waals surface area (Å²) in [7, 11) is 0. The molecular weight excluding hydrogens is 572 g/mol. The summed E-state index contributed by atoms with van der Waals surface area (Å²) in [5.74, 6) is -1.44. The van der Waals surface area contributed by atoms with Crippen LogP contribution in [0, 0.1) is 11.8 Å².